The Balaban J connectivity index is 1.40. The normalized spacial score (nSPS) is 16.3. The zero-order valence-corrected chi connectivity index (χ0v) is 15.2. The van der Waals surface area contributed by atoms with Crippen LogP contribution in [0.15, 0.2) is 42.9 Å². The monoisotopic (exact) mass is 360 g/mol. The Labute approximate surface area is 157 Å². The highest BCUT2D eigenvalue weighted by Gasteiger charge is 2.32. The average molecular weight is 360 g/mol. The van der Waals surface area contributed by atoms with Crippen LogP contribution in [0, 0.1) is 6.92 Å². The predicted molar refractivity (Wildman–Crippen MR) is 102 cm³/mol. The number of hydrogen-bond acceptors (Lipinski definition) is 5. The van der Waals surface area contributed by atoms with Gasteiger partial charge in [-0.15, -0.1) is 0 Å². The molecule has 0 aromatic carbocycles. The van der Waals surface area contributed by atoms with Gasteiger partial charge in [-0.3, -0.25) is 9.78 Å². The third-order valence-corrected chi connectivity index (χ3v) is 5.27. The second kappa shape index (κ2) is 6.19. The summed E-state index contributed by atoms with van der Waals surface area (Å²) in [5.74, 6) is 0.972. The number of pyridine rings is 2. The first-order valence-corrected chi connectivity index (χ1v) is 9.24. The zero-order valence-electron chi connectivity index (χ0n) is 15.2. The van der Waals surface area contributed by atoms with Crippen molar-refractivity contribution in [3.63, 3.8) is 0 Å². The van der Waals surface area contributed by atoms with Crippen LogP contribution in [0.1, 0.15) is 34.6 Å². The summed E-state index contributed by atoms with van der Waals surface area (Å²) in [7, 11) is 0. The van der Waals surface area contributed by atoms with Crippen molar-refractivity contribution < 1.29 is 4.79 Å². The predicted octanol–water partition coefficient (Wildman–Crippen LogP) is 2.73. The lowest BCUT2D eigenvalue weighted by molar-refractivity contribution is 0.0996. The summed E-state index contributed by atoms with van der Waals surface area (Å²) in [6.45, 7) is 4.51. The van der Waals surface area contributed by atoms with Gasteiger partial charge < -0.3 is 9.80 Å². The van der Waals surface area contributed by atoms with E-state index >= 15 is 0 Å². The molecule has 5 rings (SSSR count). The van der Waals surface area contributed by atoms with Crippen LogP contribution in [0.2, 0.25) is 0 Å². The van der Waals surface area contributed by atoms with Gasteiger partial charge in [-0.05, 0) is 44.0 Å². The number of anilines is 2. The maximum atomic E-state index is 12.8. The number of aromatic nitrogens is 4. The molecular weight excluding hydrogens is 340 g/mol. The van der Waals surface area contributed by atoms with Crippen molar-refractivity contribution >= 4 is 17.4 Å². The van der Waals surface area contributed by atoms with E-state index in [2.05, 4.69) is 20.0 Å². The second-order valence-corrected chi connectivity index (χ2v) is 7.00. The van der Waals surface area contributed by atoms with Gasteiger partial charge in [0.05, 0.1) is 41.1 Å². The van der Waals surface area contributed by atoms with E-state index in [0.29, 0.717) is 12.1 Å². The topological polar surface area (TPSA) is 67.2 Å². The minimum atomic E-state index is -0.0333. The highest BCUT2D eigenvalue weighted by atomic mass is 16.2. The minimum Gasteiger partial charge on any atom is -0.357 e. The minimum absolute atomic E-state index is 0.0333. The highest BCUT2D eigenvalue weighted by molar-refractivity contribution is 6.09. The quantitative estimate of drug-likeness (QED) is 0.718. The summed E-state index contributed by atoms with van der Waals surface area (Å²) < 4.78 is 1.75. The molecule has 0 spiro atoms. The number of aryl methyl sites for hydroxylation is 1. The summed E-state index contributed by atoms with van der Waals surface area (Å²) in [5, 5.41) is 4.62. The summed E-state index contributed by atoms with van der Waals surface area (Å²) in [5.41, 5.74) is 3.97. The Kier molecular flexibility index (Phi) is 3.67. The van der Waals surface area contributed by atoms with E-state index in [-0.39, 0.29) is 5.91 Å². The van der Waals surface area contributed by atoms with Gasteiger partial charge in [-0.2, -0.15) is 5.10 Å². The Hall–Kier alpha value is -3.22. The largest absolute Gasteiger partial charge is 0.357 e. The van der Waals surface area contributed by atoms with Crippen LogP contribution in [-0.4, -0.2) is 38.7 Å². The molecule has 1 amide bonds. The molecule has 3 aromatic heterocycles. The van der Waals surface area contributed by atoms with E-state index in [1.165, 1.54) is 12.8 Å². The summed E-state index contributed by atoms with van der Waals surface area (Å²) in [6, 6.07) is 7.80. The Morgan fingerprint density at radius 2 is 1.93 bits per heavy atom. The van der Waals surface area contributed by atoms with Gasteiger partial charge in [0.15, 0.2) is 0 Å². The van der Waals surface area contributed by atoms with Crippen LogP contribution in [0.5, 0.6) is 0 Å². The number of nitrogens with zero attached hydrogens (tertiary/aromatic N) is 6. The van der Waals surface area contributed by atoms with Crippen LogP contribution in [-0.2, 0) is 6.54 Å². The lowest BCUT2D eigenvalue weighted by Crippen LogP contribution is -2.25. The van der Waals surface area contributed by atoms with E-state index in [4.69, 9.17) is 0 Å². The zero-order chi connectivity index (χ0) is 18.4. The van der Waals surface area contributed by atoms with E-state index in [1.54, 1.807) is 22.0 Å². The molecule has 27 heavy (non-hydrogen) atoms. The smallest absolute Gasteiger partial charge is 0.262 e. The van der Waals surface area contributed by atoms with Crippen molar-refractivity contribution in [1.29, 1.82) is 0 Å². The fourth-order valence-corrected chi connectivity index (χ4v) is 3.81. The molecule has 0 aliphatic carbocycles. The van der Waals surface area contributed by atoms with Gasteiger partial charge in [-0.1, -0.05) is 0 Å². The molecule has 0 unspecified atom stereocenters. The number of carbonyl (C=O) groups is 1. The maximum absolute atomic E-state index is 12.8. The third kappa shape index (κ3) is 2.66. The molecule has 1 fully saturated rings. The molecule has 7 heteroatoms. The highest BCUT2D eigenvalue weighted by Crippen LogP contribution is 2.29. The molecule has 0 atom stereocenters. The van der Waals surface area contributed by atoms with Gasteiger partial charge in [0.1, 0.15) is 5.82 Å². The van der Waals surface area contributed by atoms with Crippen molar-refractivity contribution in [1.82, 2.24) is 19.7 Å². The molecule has 7 nitrogen and oxygen atoms in total. The van der Waals surface area contributed by atoms with Gasteiger partial charge >= 0.3 is 0 Å². The molecule has 2 aliphatic rings. The van der Waals surface area contributed by atoms with Crippen molar-refractivity contribution in [3.8, 4) is 5.69 Å². The van der Waals surface area contributed by atoms with Gasteiger partial charge in [0.2, 0.25) is 0 Å². The van der Waals surface area contributed by atoms with Crippen LogP contribution < -0.4 is 9.80 Å². The molecule has 136 valence electrons. The SMILES string of the molecule is Cc1ncccc1N1Cc2nn(-c3ccc(N4CCCC4)nc3)cc2C1=O. The Morgan fingerprint density at radius 3 is 2.63 bits per heavy atom. The summed E-state index contributed by atoms with van der Waals surface area (Å²) >= 11 is 0. The summed E-state index contributed by atoms with van der Waals surface area (Å²) in [4.78, 5) is 25.7. The number of carbonyl (C=O) groups excluding carboxylic acids is 1. The molecule has 3 aromatic rings. The van der Waals surface area contributed by atoms with Crippen molar-refractivity contribution in [2.75, 3.05) is 22.9 Å². The van der Waals surface area contributed by atoms with Crippen LogP contribution in [0.25, 0.3) is 5.69 Å². The third-order valence-electron chi connectivity index (χ3n) is 5.27. The van der Waals surface area contributed by atoms with Crippen molar-refractivity contribution in [3.05, 3.63) is 59.8 Å². The first-order chi connectivity index (χ1) is 13.2. The van der Waals surface area contributed by atoms with Crippen molar-refractivity contribution in [2.45, 2.75) is 26.3 Å². The Bertz CT molecular complexity index is 1000. The fraction of sp³-hybridized carbons (Fsp3) is 0.300. The first-order valence-electron chi connectivity index (χ1n) is 9.24. The van der Waals surface area contributed by atoms with Gasteiger partial charge in [0, 0.05) is 25.5 Å². The second-order valence-electron chi connectivity index (χ2n) is 7.00. The van der Waals surface area contributed by atoms with Crippen LogP contribution >= 0.6 is 0 Å². The number of rotatable bonds is 3. The van der Waals surface area contributed by atoms with E-state index < -0.39 is 0 Å². The van der Waals surface area contributed by atoms with Crippen LogP contribution in [0.3, 0.4) is 0 Å². The van der Waals surface area contributed by atoms with Crippen LogP contribution in [0.4, 0.5) is 11.5 Å². The molecule has 0 N–H and O–H groups in total. The lowest BCUT2D eigenvalue weighted by Gasteiger charge is -2.18. The maximum Gasteiger partial charge on any atom is 0.262 e. The molecule has 1 saturated heterocycles. The Morgan fingerprint density at radius 1 is 1.07 bits per heavy atom. The fourth-order valence-electron chi connectivity index (χ4n) is 3.81. The number of fused-ring (bicyclic) bond motifs is 1. The van der Waals surface area contributed by atoms with Crippen molar-refractivity contribution in [2.24, 2.45) is 0 Å². The summed E-state index contributed by atoms with van der Waals surface area (Å²) in [6.07, 6.45) is 7.81. The molecule has 0 bridgehead atoms. The van der Waals surface area contributed by atoms with E-state index in [0.717, 1.165) is 41.7 Å². The molecule has 5 heterocycles. The van der Waals surface area contributed by atoms with Gasteiger partial charge in [0.25, 0.3) is 5.91 Å². The number of amides is 1. The van der Waals surface area contributed by atoms with E-state index in [1.807, 2.05) is 37.4 Å². The lowest BCUT2D eigenvalue weighted by atomic mass is 10.3. The molecule has 0 radical (unpaired) electrons. The standard InChI is InChI=1S/C20H20N6O/c1-14-18(5-4-8-21-14)25-13-17-16(20(25)27)12-26(23-17)15-6-7-19(22-11-15)24-9-2-3-10-24/h4-8,11-12H,2-3,9-10,13H2,1H3. The molecule has 0 saturated carbocycles. The first kappa shape index (κ1) is 16.0. The average Bonchev–Trinajstić information content (AvgIpc) is 3.41. The molecule has 2 aliphatic heterocycles. The van der Waals surface area contributed by atoms with Gasteiger partial charge in [-0.25, -0.2) is 9.67 Å². The number of hydrogen-bond donors (Lipinski definition) is 0. The molecular formula is C20H20N6O. The van der Waals surface area contributed by atoms with E-state index in [9.17, 15) is 4.79 Å².